The van der Waals surface area contributed by atoms with Crippen LogP contribution in [0.1, 0.15) is 30.9 Å². The average Bonchev–Trinajstić information content (AvgIpc) is 2.72. The molecule has 0 bridgehead atoms. The van der Waals surface area contributed by atoms with Gasteiger partial charge in [-0.15, -0.1) is 13.2 Å². The molecule has 3 rings (SSSR count). The molecule has 0 fully saturated rings. The minimum atomic E-state index is -4.76. The van der Waals surface area contributed by atoms with Gasteiger partial charge in [0.15, 0.2) is 0 Å². The Hall–Kier alpha value is -3.74. The van der Waals surface area contributed by atoms with E-state index in [0.717, 1.165) is 11.6 Å². The van der Waals surface area contributed by atoms with E-state index in [-0.39, 0.29) is 5.75 Å². The highest BCUT2D eigenvalue weighted by Gasteiger charge is 2.30. The van der Waals surface area contributed by atoms with Crippen LogP contribution in [-0.2, 0) is 4.79 Å². The Balaban J connectivity index is 1.93. The highest BCUT2D eigenvalue weighted by molar-refractivity contribution is 5.86. The van der Waals surface area contributed by atoms with Crippen molar-refractivity contribution in [2.24, 2.45) is 0 Å². The monoisotopic (exact) mass is 442 g/mol. The van der Waals surface area contributed by atoms with E-state index in [9.17, 15) is 18.0 Å². The Labute approximate surface area is 183 Å². The maximum atomic E-state index is 12.4. The molecule has 0 saturated carbocycles. The van der Waals surface area contributed by atoms with Gasteiger partial charge in [-0.25, -0.2) is 4.79 Å². The van der Waals surface area contributed by atoms with Crippen molar-refractivity contribution in [2.45, 2.75) is 26.1 Å². The molecule has 3 aromatic carbocycles. The molecule has 4 nitrogen and oxygen atoms in total. The topological polar surface area (TPSA) is 55.8 Å². The smallest absolute Gasteiger partial charge is 0.478 e. The molecule has 0 spiro atoms. The van der Waals surface area contributed by atoms with Gasteiger partial charge in [0.1, 0.15) is 17.2 Å². The summed E-state index contributed by atoms with van der Waals surface area (Å²) >= 11 is 0. The molecule has 0 aliphatic rings. The first-order valence-electron chi connectivity index (χ1n) is 9.80. The summed E-state index contributed by atoms with van der Waals surface area (Å²) in [6, 6.07) is 18.2. The molecule has 7 heteroatoms. The van der Waals surface area contributed by atoms with Crippen molar-refractivity contribution in [2.75, 3.05) is 0 Å². The summed E-state index contributed by atoms with van der Waals surface area (Å²) < 4.78 is 47.1. The molecule has 0 unspecified atom stereocenters. The van der Waals surface area contributed by atoms with Crippen LogP contribution in [0.25, 0.3) is 17.2 Å². The minimum absolute atomic E-state index is 0.316. The van der Waals surface area contributed by atoms with Crippen LogP contribution in [0.2, 0.25) is 0 Å². The predicted molar refractivity (Wildman–Crippen MR) is 116 cm³/mol. The van der Waals surface area contributed by atoms with Gasteiger partial charge in [-0.05, 0) is 59.0 Å². The van der Waals surface area contributed by atoms with Gasteiger partial charge in [0.05, 0.1) is 0 Å². The van der Waals surface area contributed by atoms with Crippen molar-refractivity contribution < 1.29 is 32.5 Å². The summed E-state index contributed by atoms with van der Waals surface area (Å²) in [7, 11) is 0. The van der Waals surface area contributed by atoms with E-state index in [1.54, 1.807) is 18.2 Å². The first kappa shape index (κ1) is 22.9. The van der Waals surface area contributed by atoms with Crippen LogP contribution in [0.4, 0.5) is 13.2 Å². The molecule has 0 aliphatic carbocycles. The van der Waals surface area contributed by atoms with E-state index in [0.29, 0.717) is 34.1 Å². The van der Waals surface area contributed by atoms with Gasteiger partial charge in [0.2, 0.25) is 0 Å². The number of hydrogen-bond acceptors (Lipinski definition) is 3. The summed E-state index contributed by atoms with van der Waals surface area (Å²) in [5.41, 5.74) is 3.03. The van der Waals surface area contributed by atoms with Gasteiger partial charge >= 0.3 is 12.3 Å². The Bertz CT molecular complexity index is 1100. The van der Waals surface area contributed by atoms with E-state index in [1.807, 2.05) is 24.3 Å². The number of rotatable bonds is 7. The van der Waals surface area contributed by atoms with Gasteiger partial charge in [-0.2, -0.15) is 0 Å². The molecule has 166 valence electrons. The van der Waals surface area contributed by atoms with E-state index < -0.39 is 12.3 Å². The van der Waals surface area contributed by atoms with Crippen LogP contribution < -0.4 is 9.47 Å². The molecule has 0 atom stereocenters. The lowest BCUT2D eigenvalue weighted by atomic mass is 10.0. The lowest BCUT2D eigenvalue weighted by Crippen LogP contribution is -2.16. The average molecular weight is 442 g/mol. The fourth-order valence-corrected chi connectivity index (χ4v) is 3.00. The molecular weight excluding hydrogens is 421 g/mol. The molecule has 0 saturated heterocycles. The van der Waals surface area contributed by atoms with Crippen molar-refractivity contribution in [1.82, 2.24) is 0 Å². The minimum Gasteiger partial charge on any atom is -0.478 e. The van der Waals surface area contributed by atoms with Crippen LogP contribution in [0.5, 0.6) is 17.2 Å². The molecule has 0 amide bonds. The van der Waals surface area contributed by atoms with Crippen molar-refractivity contribution in [1.29, 1.82) is 0 Å². The highest BCUT2D eigenvalue weighted by atomic mass is 19.4. The molecule has 32 heavy (non-hydrogen) atoms. The zero-order valence-electron chi connectivity index (χ0n) is 17.4. The maximum Gasteiger partial charge on any atom is 0.573 e. The van der Waals surface area contributed by atoms with E-state index in [2.05, 4.69) is 18.6 Å². The second kappa shape index (κ2) is 9.60. The Morgan fingerprint density at radius 2 is 1.50 bits per heavy atom. The number of alkyl halides is 3. The molecule has 0 heterocycles. The summed E-state index contributed by atoms with van der Waals surface area (Å²) in [5.74, 6) is -0.0605. The normalized spacial score (nSPS) is 11.7. The van der Waals surface area contributed by atoms with Gasteiger partial charge in [0.25, 0.3) is 0 Å². The van der Waals surface area contributed by atoms with Crippen molar-refractivity contribution in [3.8, 4) is 28.4 Å². The fraction of sp³-hybridized carbons (Fsp3) is 0.160. The number of aliphatic carboxylic acids is 1. The van der Waals surface area contributed by atoms with Crippen molar-refractivity contribution in [3.63, 3.8) is 0 Å². The first-order chi connectivity index (χ1) is 15.1. The number of benzene rings is 3. The molecular formula is C25H21F3O4. The quantitative estimate of drug-likeness (QED) is 0.391. The van der Waals surface area contributed by atoms with Crippen LogP contribution >= 0.6 is 0 Å². The zero-order valence-corrected chi connectivity index (χ0v) is 17.4. The van der Waals surface area contributed by atoms with Gasteiger partial charge in [-0.3, -0.25) is 0 Å². The SMILES string of the molecule is CC(C)c1ccc(Oc2cc(-c3ccc(OC(F)(F)F)cc3)ccc2/C=C/C(=O)O)cc1. The van der Waals surface area contributed by atoms with Crippen LogP contribution in [0.15, 0.2) is 72.8 Å². The molecule has 0 radical (unpaired) electrons. The zero-order chi connectivity index (χ0) is 23.3. The van der Waals surface area contributed by atoms with Crippen molar-refractivity contribution >= 4 is 12.0 Å². The molecule has 0 aromatic heterocycles. The van der Waals surface area contributed by atoms with E-state index in [4.69, 9.17) is 9.84 Å². The third-order valence-electron chi connectivity index (χ3n) is 4.61. The summed E-state index contributed by atoms with van der Waals surface area (Å²) in [6.07, 6.45) is -2.33. The van der Waals surface area contributed by atoms with Gasteiger partial charge in [-0.1, -0.05) is 50.2 Å². The summed E-state index contributed by atoms with van der Waals surface area (Å²) in [5, 5.41) is 8.96. The number of carbonyl (C=O) groups is 1. The van der Waals surface area contributed by atoms with E-state index in [1.165, 1.54) is 30.3 Å². The van der Waals surface area contributed by atoms with Crippen LogP contribution in [-0.4, -0.2) is 17.4 Å². The summed E-state index contributed by atoms with van der Waals surface area (Å²) in [4.78, 5) is 10.9. The third-order valence-corrected chi connectivity index (χ3v) is 4.61. The van der Waals surface area contributed by atoms with Gasteiger partial charge in [0, 0.05) is 11.6 Å². The maximum absolute atomic E-state index is 12.4. The number of ether oxygens (including phenoxy) is 2. The number of hydrogen-bond donors (Lipinski definition) is 1. The number of carboxylic acid groups (broad SMARTS) is 1. The Kier molecular flexibility index (Phi) is 6.88. The standard InChI is InChI=1S/C25H21F3O4/c1-16(2)17-5-10-21(11-6-17)31-23-15-20(4-3-19(23)9-14-24(29)30)18-7-12-22(13-8-18)32-25(26,27)28/h3-16H,1-2H3,(H,29,30)/b14-9+. The highest BCUT2D eigenvalue weighted by Crippen LogP contribution is 2.33. The lowest BCUT2D eigenvalue weighted by Gasteiger charge is -2.13. The molecule has 3 aromatic rings. The Morgan fingerprint density at radius 1 is 0.906 bits per heavy atom. The largest absolute Gasteiger partial charge is 0.573 e. The van der Waals surface area contributed by atoms with E-state index >= 15 is 0 Å². The van der Waals surface area contributed by atoms with Crippen LogP contribution in [0.3, 0.4) is 0 Å². The number of halogens is 3. The Morgan fingerprint density at radius 3 is 2.06 bits per heavy atom. The lowest BCUT2D eigenvalue weighted by molar-refractivity contribution is -0.274. The molecule has 1 N–H and O–H groups in total. The number of carboxylic acids is 1. The van der Waals surface area contributed by atoms with Crippen LogP contribution in [0, 0.1) is 0 Å². The second-order valence-corrected chi connectivity index (χ2v) is 7.32. The van der Waals surface area contributed by atoms with Crippen molar-refractivity contribution in [3.05, 3.63) is 83.9 Å². The summed E-state index contributed by atoms with van der Waals surface area (Å²) in [6.45, 7) is 4.17. The van der Waals surface area contributed by atoms with Gasteiger partial charge < -0.3 is 14.6 Å². The second-order valence-electron chi connectivity index (χ2n) is 7.32. The predicted octanol–water partition coefficient (Wildman–Crippen LogP) is 7.27. The molecule has 0 aliphatic heterocycles. The third kappa shape index (κ3) is 6.38. The first-order valence-corrected chi connectivity index (χ1v) is 9.80. The fourth-order valence-electron chi connectivity index (χ4n) is 3.00.